The van der Waals surface area contributed by atoms with Crippen LogP contribution in [0.3, 0.4) is 0 Å². The van der Waals surface area contributed by atoms with Gasteiger partial charge in [-0.3, -0.25) is 4.98 Å². The van der Waals surface area contributed by atoms with Gasteiger partial charge in [-0.15, -0.1) is 11.3 Å². The van der Waals surface area contributed by atoms with Crippen molar-refractivity contribution in [2.75, 3.05) is 6.61 Å². The molecule has 3 aromatic rings. The molecule has 3 rings (SSSR count). The van der Waals surface area contributed by atoms with Crippen molar-refractivity contribution in [1.82, 2.24) is 4.98 Å². The molecule has 1 unspecified atom stereocenters. The fourth-order valence-corrected chi connectivity index (χ4v) is 7.19. The third-order valence-corrected chi connectivity index (χ3v) is 11.3. The molecule has 2 heterocycles. The quantitative estimate of drug-likeness (QED) is 0.387. The highest BCUT2D eigenvalue weighted by Gasteiger charge is 2.29. The first-order valence-electron chi connectivity index (χ1n) is 9.69. The van der Waals surface area contributed by atoms with Crippen molar-refractivity contribution in [2.45, 2.75) is 51.7 Å². The molecular formula is C22H29NOSSi. The second-order valence-corrected chi connectivity index (χ2v) is 12.8. The Hall–Kier alpha value is -1.49. The average molecular weight is 384 g/mol. The number of fused-ring (bicyclic) bond motifs is 1. The van der Waals surface area contributed by atoms with Crippen molar-refractivity contribution < 1.29 is 4.43 Å². The molecule has 2 aromatic heterocycles. The van der Waals surface area contributed by atoms with Gasteiger partial charge in [0.15, 0.2) is 8.32 Å². The van der Waals surface area contributed by atoms with Crippen LogP contribution in [0.2, 0.25) is 18.1 Å². The van der Waals surface area contributed by atoms with Gasteiger partial charge in [0.25, 0.3) is 0 Å². The fourth-order valence-electron chi connectivity index (χ4n) is 3.55. The Morgan fingerprint density at radius 1 is 1.08 bits per heavy atom. The third-order valence-electron chi connectivity index (χ3n) is 5.68. The summed E-state index contributed by atoms with van der Waals surface area (Å²) >= 11 is 1.79. The van der Waals surface area contributed by atoms with Crippen molar-refractivity contribution >= 4 is 29.7 Å². The molecule has 0 aliphatic rings. The highest BCUT2D eigenvalue weighted by Crippen LogP contribution is 2.33. The van der Waals surface area contributed by atoms with Crippen LogP contribution in [0.5, 0.6) is 0 Å². The molecule has 0 aliphatic heterocycles. The first-order valence-corrected chi connectivity index (χ1v) is 13.1. The Morgan fingerprint density at radius 2 is 1.85 bits per heavy atom. The molecule has 2 nitrogen and oxygen atoms in total. The van der Waals surface area contributed by atoms with Crippen molar-refractivity contribution in [1.29, 1.82) is 0 Å². The smallest absolute Gasteiger partial charge is 0.192 e. The Bertz CT molecular complexity index is 848. The topological polar surface area (TPSA) is 22.1 Å². The Morgan fingerprint density at radius 3 is 2.58 bits per heavy atom. The van der Waals surface area contributed by atoms with E-state index in [0.29, 0.717) is 5.92 Å². The van der Waals surface area contributed by atoms with E-state index in [1.807, 2.05) is 6.20 Å². The molecule has 0 fully saturated rings. The maximum absolute atomic E-state index is 6.52. The summed E-state index contributed by atoms with van der Waals surface area (Å²) in [5, 5.41) is 3.44. The van der Waals surface area contributed by atoms with Crippen LogP contribution in [-0.4, -0.2) is 19.9 Å². The fraction of sp³-hybridized carbons (Fsp3) is 0.409. The molecule has 1 aromatic carbocycles. The lowest BCUT2D eigenvalue weighted by atomic mass is 10.0. The normalized spacial score (nSPS) is 13.2. The third kappa shape index (κ3) is 3.92. The standard InChI is InChI=1S/C22H29NOSSi/c1-5-26(6-2,7-3)24-16-17(4)19-11-13-23-21(15-19)20-10-8-9-18-12-14-25-22(18)20/h8-15,17H,5-7,16H2,1-4H3. The minimum Gasteiger partial charge on any atom is -0.416 e. The van der Waals surface area contributed by atoms with Crippen LogP contribution in [0.25, 0.3) is 21.3 Å². The van der Waals surface area contributed by atoms with Crippen LogP contribution in [0.15, 0.2) is 48.0 Å². The highest BCUT2D eigenvalue weighted by molar-refractivity contribution is 7.17. The number of thiophene rings is 1. The van der Waals surface area contributed by atoms with E-state index in [4.69, 9.17) is 4.43 Å². The summed E-state index contributed by atoms with van der Waals surface area (Å²) in [6, 6.07) is 16.6. The van der Waals surface area contributed by atoms with Gasteiger partial charge in [-0.25, -0.2) is 0 Å². The zero-order valence-corrected chi connectivity index (χ0v) is 18.1. The lowest BCUT2D eigenvalue weighted by Gasteiger charge is -2.29. The molecule has 0 amide bonds. The second-order valence-electron chi connectivity index (χ2n) is 7.07. The summed E-state index contributed by atoms with van der Waals surface area (Å²) in [7, 11) is -1.53. The lowest BCUT2D eigenvalue weighted by molar-refractivity contribution is 0.279. The number of hydrogen-bond donors (Lipinski definition) is 0. The van der Waals surface area contributed by atoms with Gasteiger partial charge >= 0.3 is 0 Å². The summed E-state index contributed by atoms with van der Waals surface area (Å²) in [6.45, 7) is 9.95. The van der Waals surface area contributed by atoms with Crippen LogP contribution < -0.4 is 0 Å². The molecule has 4 heteroatoms. The van der Waals surface area contributed by atoms with E-state index in [1.54, 1.807) is 11.3 Å². The molecule has 138 valence electrons. The summed E-state index contributed by atoms with van der Waals surface area (Å²) < 4.78 is 7.83. The molecule has 0 spiro atoms. The van der Waals surface area contributed by atoms with Crippen LogP contribution in [0.4, 0.5) is 0 Å². The zero-order chi connectivity index (χ0) is 18.6. The van der Waals surface area contributed by atoms with E-state index >= 15 is 0 Å². The van der Waals surface area contributed by atoms with E-state index in [0.717, 1.165) is 12.3 Å². The van der Waals surface area contributed by atoms with Gasteiger partial charge in [0.1, 0.15) is 0 Å². The minimum absolute atomic E-state index is 0.385. The zero-order valence-electron chi connectivity index (χ0n) is 16.3. The van der Waals surface area contributed by atoms with Crippen LogP contribution in [-0.2, 0) is 4.43 Å². The molecule has 0 radical (unpaired) electrons. The second kappa shape index (κ2) is 8.46. The van der Waals surface area contributed by atoms with Gasteiger partial charge < -0.3 is 4.43 Å². The van der Waals surface area contributed by atoms with Crippen molar-refractivity contribution in [3.8, 4) is 11.3 Å². The maximum atomic E-state index is 6.52. The Kier molecular flexibility index (Phi) is 6.27. The van der Waals surface area contributed by atoms with E-state index in [1.165, 1.54) is 39.3 Å². The number of benzene rings is 1. The van der Waals surface area contributed by atoms with E-state index in [2.05, 4.69) is 74.5 Å². The SMILES string of the molecule is CC[Si](CC)(CC)OCC(C)c1ccnc(-c2cccc3ccsc23)c1. The molecule has 0 saturated heterocycles. The number of nitrogens with zero attached hydrogens (tertiary/aromatic N) is 1. The van der Waals surface area contributed by atoms with Crippen molar-refractivity contribution in [3.05, 3.63) is 53.5 Å². The monoisotopic (exact) mass is 383 g/mol. The molecule has 0 N–H and O–H groups in total. The highest BCUT2D eigenvalue weighted by atomic mass is 32.1. The first-order chi connectivity index (χ1) is 12.6. The predicted molar refractivity (Wildman–Crippen MR) is 117 cm³/mol. The van der Waals surface area contributed by atoms with Gasteiger partial charge in [0.2, 0.25) is 0 Å². The van der Waals surface area contributed by atoms with Crippen LogP contribution in [0, 0.1) is 0 Å². The van der Waals surface area contributed by atoms with Crippen LogP contribution in [0.1, 0.15) is 39.2 Å². The van der Waals surface area contributed by atoms with Gasteiger partial charge in [0.05, 0.1) is 5.69 Å². The average Bonchev–Trinajstić information content (AvgIpc) is 3.18. The molecule has 0 saturated carbocycles. The number of rotatable bonds is 8. The predicted octanol–water partition coefficient (Wildman–Crippen LogP) is 7.09. The van der Waals surface area contributed by atoms with E-state index < -0.39 is 8.32 Å². The van der Waals surface area contributed by atoms with Gasteiger partial charge in [0, 0.05) is 29.0 Å². The number of pyridine rings is 1. The molecule has 0 bridgehead atoms. The summed E-state index contributed by atoms with van der Waals surface area (Å²) in [5.74, 6) is 0.385. The number of aromatic nitrogens is 1. The molecule has 26 heavy (non-hydrogen) atoms. The van der Waals surface area contributed by atoms with Crippen LogP contribution >= 0.6 is 11.3 Å². The van der Waals surface area contributed by atoms with Crippen molar-refractivity contribution in [3.63, 3.8) is 0 Å². The largest absolute Gasteiger partial charge is 0.416 e. The Balaban J connectivity index is 1.82. The number of hydrogen-bond acceptors (Lipinski definition) is 3. The van der Waals surface area contributed by atoms with Gasteiger partial charge in [-0.2, -0.15) is 0 Å². The first kappa shape index (κ1) is 19.3. The molecular weight excluding hydrogens is 354 g/mol. The van der Waals surface area contributed by atoms with E-state index in [-0.39, 0.29) is 0 Å². The summed E-state index contributed by atoms with van der Waals surface area (Å²) in [6.07, 6.45) is 1.94. The molecule has 1 atom stereocenters. The molecule has 0 aliphatic carbocycles. The maximum Gasteiger partial charge on any atom is 0.192 e. The van der Waals surface area contributed by atoms with Gasteiger partial charge in [-0.1, -0.05) is 45.9 Å². The van der Waals surface area contributed by atoms with E-state index in [9.17, 15) is 0 Å². The van der Waals surface area contributed by atoms with Crippen molar-refractivity contribution in [2.24, 2.45) is 0 Å². The lowest BCUT2D eigenvalue weighted by Crippen LogP contribution is -2.36. The summed E-state index contributed by atoms with van der Waals surface area (Å²) in [5.41, 5.74) is 3.61. The Labute approximate surface area is 162 Å². The summed E-state index contributed by atoms with van der Waals surface area (Å²) in [4.78, 5) is 4.65. The minimum atomic E-state index is -1.53. The van der Waals surface area contributed by atoms with Gasteiger partial charge in [-0.05, 0) is 52.7 Å².